The minimum Gasteiger partial charge on any atom is -0.373 e. The lowest BCUT2D eigenvalue weighted by molar-refractivity contribution is -0.0672. The Balaban J connectivity index is 1.23. The second-order valence-corrected chi connectivity index (χ2v) is 9.67. The second-order valence-electron chi connectivity index (χ2n) is 9.67. The lowest BCUT2D eigenvalue weighted by atomic mass is 10.1. The number of aromatic amines is 1. The van der Waals surface area contributed by atoms with E-state index in [4.69, 9.17) is 4.74 Å². The zero-order valence-corrected chi connectivity index (χ0v) is 21.5. The third kappa shape index (κ3) is 5.74. The van der Waals surface area contributed by atoms with E-state index in [9.17, 15) is 14.0 Å². The molecule has 1 aliphatic heterocycles. The number of carbonyl (C=O) groups excluding carboxylic acids is 2. The van der Waals surface area contributed by atoms with E-state index in [1.165, 1.54) is 24.4 Å². The summed E-state index contributed by atoms with van der Waals surface area (Å²) in [6.45, 7) is 6.80. The van der Waals surface area contributed by atoms with E-state index < -0.39 is 11.7 Å². The minimum atomic E-state index is -0.638. The number of anilines is 1. The van der Waals surface area contributed by atoms with Gasteiger partial charge in [-0.25, -0.2) is 9.37 Å². The fourth-order valence-electron chi connectivity index (χ4n) is 4.71. The second kappa shape index (κ2) is 10.7. The van der Waals surface area contributed by atoms with Gasteiger partial charge in [-0.2, -0.15) is 5.10 Å². The predicted molar refractivity (Wildman–Crippen MR) is 141 cm³/mol. The van der Waals surface area contributed by atoms with Gasteiger partial charge in [-0.05, 0) is 44.2 Å². The van der Waals surface area contributed by atoms with E-state index in [0.717, 1.165) is 29.7 Å². The van der Waals surface area contributed by atoms with Gasteiger partial charge in [0.2, 0.25) is 0 Å². The van der Waals surface area contributed by atoms with Crippen molar-refractivity contribution < 1.29 is 18.7 Å². The zero-order chi connectivity index (χ0) is 26.8. The molecule has 0 aliphatic carbocycles. The molecule has 38 heavy (non-hydrogen) atoms. The van der Waals surface area contributed by atoms with Gasteiger partial charge in [0.1, 0.15) is 11.5 Å². The first kappa shape index (κ1) is 25.6. The summed E-state index contributed by atoms with van der Waals surface area (Å²) in [4.78, 5) is 35.4. The summed E-state index contributed by atoms with van der Waals surface area (Å²) in [6.07, 6.45) is 5.31. The molecule has 1 aromatic carbocycles. The van der Waals surface area contributed by atoms with Crippen molar-refractivity contribution in [1.29, 1.82) is 0 Å². The van der Waals surface area contributed by atoms with Gasteiger partial charge < -0.3 is 20.4 Å². The molecule has 0 unspecified atom stereocenters. The van der Waals surface area contributed by atoms with Crippen LogP contribution in [0.1, 0.15) is 34.6 Å². The molecule has 11 heteroatoms. The Bertz CT molecular complexity index is 1470. The number of benzene rings is 1. The summed E-state index contributed by atoms with van der Waals surface area (Å²) >= 11 is 0. The Morgan fingerprint density at radius 1 is 1.11 bits per heavy atom. The highest BCUT2D eigenvalue weighted by Gasteiger charge is 2.22. The van der Waals surface area contributed by atoms with Gasteiger partial charge in [-0.15, -0.1) is 0 Å². The fourth-order valence-corrected chi connectivity index (χ4v) is 4.71. The quantitative estimate of drug-likeness (QED) is 0.345. The zero-order valence-electron chi connectivity index (χ0n) is 21.5. The highest BCUT2D eigenvalue weighted by molar-refractivity contribution is 6.06. The lowest BCUT2D eigenvalue weighted by Gasteiger charge is -2.35. The number of aryl methyl sites for hydroxylation is 1. The summed E-state index contributed by atoms with van der Waals surface area (Å²) in [6, 6.07) is 7.45. The number of nitrogens with one attached hydrogen (secondary N) is 3. The number of hydrogen-bond donors (Lipinski definition) is 3. The van der Waals surface area contributed by atoms with Crippen LogP contribution in [-0.4, -0.2) is 74.8 Å². The summed E-state index contributed by atoms with van der Waals surface area (Å²) < 4.78 is 22.0. The summed E-state index contributed by atoms with van der Waals surface area (Å²) in [7, 11) is 1.83. The van der Waals surface area contributed by atoms with Crippen LogP contribution in [0, 0.1) is 5.82 Å². The first-order chi connectivity index (χ1) is 18.2. The Morgan fingerprint density at radius 2 is 1.89 bits per heavy atom. The van der Waals surface area contributed by atoms with E-state index >= 15 is 0 Å². The van der Waals surface area contributed by atoms with Crippen LogP contribution in [0.15, 0.2) is 48.9 Å². The number of amides is 2. The summed E-state index contributed by atoms with van der Waals surface area (Å²) in [5.41, 5.74) is 2.77. The molecule has 3 aromatic heterocycles. The lowest BCUT2D eigenvalue weighted by Crippen LogP contribution is -2.47. The highest BCUT2D eigenvalue weighted by Crippen LogP contribution is 2.24. The minimum absolute atomic E-state index is 0.0799. The molecule has 4 heterocycles. The Morgan fingerprint density at radius 3 is 2.63 bits per heavy atom. The van der Waals surface area contributed by atoms with Gasteiger partial charge >= 0.3 is 0 Å². The van der Waals surface area contributed by atoms with Gasteiger partial charge in [0.05, 0.1) is 35.3 Å². The maximum absolute atomic E-state index is 14.5. The monoisotopic (exact) mass is 519 g/mol. The number of hydrogen-bond acceptors (Lipinski definition) is 6. The largest absolute Gasteiger partial charge is 0.373 e. The third-order valence-corrected chi connectivity index (χ3v) is 6.43. The maximum atomic E-state index is 14.5. The Labute approximate surface area is 219 Å². The van der Waals surface area contributed by atoms with Crippen molar-refractivity contribution in [2.75, 3.05) is 31.5 Å². The summed E-state index contributed by atoms with van der Waals surface area (Å²) in [5.74, 6) is -1.51. The van der Waals surface area contributed by atoms with Crippen LogP contribution < -0.4 is 10.6 Å². The average molecular weight is 520 g/mol. The molecule has 1 aliphatic rings. The van der Waals surface area contributed by atoms with Gasteiger partial charge in [0.25, 0.3) is 11.8 Å². The summed E-state index contributed by atoms with van der Waals surface area (Å²) in [5, 5.41) is 10.3. The molecule has 0 bridgehead atoms. The molecule has 0 spiro atoms. The number of pyridine rings is 1. The fraction of sp³-hybridized carbons (Fsp3) is 0.333. The van der Waals surface area contributed by atoms with Crippen LogP contribution in [0.2, 0.25) is 0 Å². The molecule has 2 atom stereocenters. The number of carbonyl (C=O) groups is 2. The van der Waals surface area contributed by atoms with E-state index in [-0.39, 0.29) is 34.9 Å². The van der Waals surface area contributed by atoms with Gasteiger partial charge in [-0.1, -0.05) is 0 Å². The van der Waals surface area contributed by atoms with Crippen LogP contribution in [0.4, 0.5) is 10.1 Å². The predicted octanol–water partition coefficient (Wildman–Crippen LogP) is 3.19. The molecule has 5 rings (SSSR count). The maximum Gasteiger partial charge on any atom is 0.257 e. The van der Waals surface area contributed by atoms with Crippen LogP contribution >= 0.6 is 0 Å². The van der Waals surface area contributed by atoms with Crippen LogP contribution in [-0.2, 0) is 11.8 Å². The Kier molecular flexibility index (Phi) is 7.21. The number of rotatable bonds is 7. The van der Waals surface area contributed by atoms with Crippen molar-refractivity contribution in [1.82, 2.24) is 30.0 Å². The number of H-pyrrole nitrogens is 1. The van der Waals surface area contributed by atoms with Gasteiger partial charge in [-0.3, -0.25) is 19.2 Å². The number of fused-ring (bicyclic) bond motifs is 1. The molecule has 1 fully saturated rings. The number of morpholine rings is 1. The molecule has 198 valence electrons. The third-order valence-electron chi connectivity index (χ3n) is 6.43. The van der Waals surface area contributed by atoms with Gasteiger partial charge in [0, 0.05) is 62.1 Å². The van der Waals surface area contributed by atoms with Crippen molar-refractivity contribution in [3.05, 3.63) is 65.9 Å². The van der Waals surface area contributed by atoms with Crippen molar-refractivity contribution in [3.8, 4) is 11.3 Å². The normalized spacial score (nSPS) is 18.0. The first-order valence-electron chi connectivity index (χ1n) is 12.5. The number of halogens is 1. The van der Waals surface area contributed by atoms with Crippen LogP contribution in [0.25, 0.3) is 22.3 Å². The van der Waals surface area contributed by atoms with Crippen molar-refractivity contribution in [2.24, 2.45) is 7.05 Å². The first-order valence-corrected chi connectivity index (χ1v) is 12.5. The van der Waals surface area contributed by atoms with Crippen molar-refractivity contribution >= 4 is 28.5 Å². The number of ether oxygens (including phenoxy) is 1. The average Bonchev–Trinajstić information content (AvgIpc) is 3.50. The molecular formula is C27H30FN7O3. The van der Waals surface area contributed by atoms with Crippen molar-refractivity contribution in [3.63, 3.8) is 0 Å². The van der Waals surface area contributed by atoms with E-state index in [2.05, 4.69) is 30.6 Å². The molecular weight excluding hydrogens is 489 g/mol. The highest BCUT2D eigenvalue weighted by atomic mass is 19.1. The smallest absolute Gasteiger partial charge is 0.257 e. The van der Waals surface area contributed by atoms with Crippen molar-refractivity contribution in [2.45, 2.75) is 26.1 Å². The Hall–Kier alpha value is -4.09. The van der Waals surface area contributed by atoms with E-state index in [0.29, 0.717) is 18.7 Å². The molecule has 0 saturated carbocycles. The van der Waals surface area contributed by atoms with Gasteiger partial charge in [0.15, 0.2) is 0 Å². The number of nitrogens with zero attached hydrogens (tertiary/aromatic N) is 4. The molecule has 0 radical (unpaired) electrons. The van der Waals surface area contributed by atoms with E-state index in [1.54, 1.807) is 16.9 Å². The molecule has 3 N–H and O–H groups in total. The molecule has 2 amide bonds. The topological polar surface area (TPSA) is 117 Å². The van der Waals surface area contributed by atoms with Crippen LogP contribution in [0.3, 0.4) is 0 Å². The molecule has 10 nitrogen and oxygen atoms in total. The van der Waals surface area contributed by atoms with E-state index in [1.807, 2.05) is 33.2 Å². The van der Waals surface area contributed by atoms with Crippen LogP contribution in [0.5, 0.6) is 0 Å². The molecule has 1 saturated heterocycles. The SMILES string of the molecule is C[C@H]1CN(CCNC(=O)c2ccc(F)c(NC(=O)c3cnc4[nH]c(-c5cnn(C)c5)cc4c3)c2)C[C@H](C)O1. The number of aromatic nitrogens is 4. The standard InChI is InChI=1S/C27H30FN7O3/c1-16-13-35(14-17(2)38-16)7-6-29-26(36)18-4-5-22(28)24(9-18)33-27(37)20-8-19-10-23(32-25(19)30-11-20)21-12-31-34(3)15-21/h4-5,8-12,15-17H,6-7,13-14H2,1-3H3,(H,29,36)(H,30,32)(H,33,37)/t16-,17-/m0/s1. The molecule has 4 aromatic rings.